The molecule has 0 aliphatic heterocycles. The maximum atomic E-state index is 10.1. The van der Waals surface area contributed by atoms with Crippen LogP contribution in [-0.2, 0) is 9.47 Å². The Morgan fingerprint density at radius 3 is 1.88 bits per heavy atom. The van der Waals surface area contributed by atoms with E-state index in [1.807, 2.05) is 13.8 Å². The van der Waals surface area contributed by atoms with Crippen LogP contribution in [0.2, 0.25) is 0 Å². The van der Waals surface area contributed by atoms with Gasteiger partial charge in [0.05, 0.1) is 17.8 Å². The van der Waals surface area contributed by atoms with Crippen molar-refractivity contribution in [1.29, 1.82) is 0 Å². The fourth-order valence-corrected chi connectivity index (χ4v) is 1.84. The van der Waals surface area contributed by atoms with Gasteiger partial charge in [0.1, 0.15) is 0 Å². The monoisotopic (exact) mass is 232 g/mol. The number of ether oxygens (including phenoxy) is 2. The molecule has 0 aromatic heterocycles. The van der Waals surface area contributed by atoms with Crippen molar-refractivity contribution in [2.24, 2.45) is 5.41 Å². The first kappa shape index (κ1) is 15.9. The van der Waals surface area contributed by atoms with Gasteiger partial charge in [-0.3, -0.25) is 0 Å². The molecule has 0 bridgehead atoms. The van der Waals surface area contributed by atoms with Gasteiger partial charge in [-0.25, -0.2) is 0 Å². The quantitative estimate of drug-likeness (QED) is 0.765. The van der Waals surface area contributed by atoms with E-state index in [2.05, 4.69) is 20.8 Å². The summed E-state index contributed by atoms with van der Waals surface area (Å²) in [5.41, 5.74) is -0.234. The fourth-order valence-electron chi connectivity index (χ4n) is 1.84. The Bertz CT molecular complexity index is 194. The predicted octanol–water partition coefficient (Wildman–Crippen LogP) is 2.61. The highest BCUT2D eigenvalue weighted by Gasteiger charge is 2.32. The summed E-state index contributed by atoms with van der Waals surface area (Å²) in [6.45, 7) is 10.3. The minimum Gasteiger partial charge on any atom is -0.390 e. The molecule has 0 fully saturated rings. The summed E-state index contributed by atoms with van der Waals surface area (Å²) in [6.07, 6.45) is 0.927. The molecule has 3 nitrogen and oxygen atoms in total. The van der Waals surface area contributed by atoms with Crippen molar-refractivity contribution in [2.45, 2.75) is 65.3 Å². The zero-order valence-corrected chi connectivity index (χ0v) is 11.8. The van der Waals surface area contributed by atoms with E-state index in [0.29, 0.717) is 6.42 Å². The van der Waals surface area contributed by atoms with Crippen LogP contribution in [0.15, 0.2) is 0 Å². The molecule has 0 saturated carbocycles. The Morgan fingerprint density at radius 1 is 1.06 bits per heavy atom. The van der Waals surface area contributed by atoms with Crippen LogP contribution in [0.4, 0.5) is 0 Å². The smallest absolute Gasteiger partial charge is 0.0878 e. The first-order valence-electron chi connectivity index (χ1n) is 5.90. The molecule has 0 aliphatic rings. The second-order valence-electron chi connectivity index (χ2n) is 6.09. The molecule has 0 saturated heterocycles. The van der Waals surface area contributed by atoms with Crippen LogP contribution in [0, 0.1) is 5.41 Å². The Balaban J connectivity index is 4.29. The Hall–Kier alpha value is -0.120. The first-order chi connectivity index (χ1) is 7.14. The number of aliphatic hydroxyl groups excluding tert-OH is 1. The van der Waals surface area contributed by atoms with Crippen LogP contribution in [0.1, 0.15) is 47.5 Å². The zero-order chi connectivity index (χ0) is 13.0. The molecule has 2 atom stereocenters. The van der Waals surface area contributed by atoms with E-state index in [4.69, 9.17) is 9.47 Å². The molecule has 3 heteroatoms. The molecule has 0 aliphatic carbocycles. The summed E-state index contributed by atoms with van der Waals surface area (Å²) in [4.78, 5) is 0. The van der Waals surface area contributed by atoms with Crippen molar-refractivity contribution in [3.63, 3.8) is 0 Å². The maximum Gasteiger partial charge on any atom is 0.0878 e. The lowest BCUT2D eigenvalue weighted by Gasteiger charge is -2.34. The average Bonchev–Trinajstić information content (AvgIpc) is 2.14. The van der Waals surface area contributed by atoms with Gasteiger partial charge >= 0.3 is 0 Å². The lowest BCUT2D eigenvalue weighted by atomic mass is 9.83. The lowest BCUT2D eigenvalue weighted by molar-refractivity contribution is -0.0827. The van der Waals surface area contributed by atoms with Crippen LogP contribution < -0.4 is 0 Å². The first-order valence-corrected chi connectivity index (χ1v) is 5.90. The zero-order valence-electron chi connectivity index (χ0n) is 11.8. The van der Waals surface area contributed by atoms with E-state index < -0.39 is 6.10 Å². The van der Waals surface area contributed by atoms with Gasteiger partial charge in [0.25, 0.3) is 0 Å². The minimum atomic E-state index is -0.445. The molecule has 0 aromatic rings. The van der Waals surface area contributed by atoms with Gasteiger partial charge in [0.2, 0.25) is 0 Å². The molecule has 98 valence electrons. The number of hydrogen-bond donors (Lipinski definition) is 1. The van der Waals surface area contributed by atoms with Crippen molar-refractivity contribution in [2.75, 3.05) is 14.2 Å². The lowest BCUT2D eigenvalue weighted by Crippen LogP contribution is -2.40. The molecule has 0 rings (SSSR count). The second kappa shape index (κ2) is 5.99. The molecule has 2 unspecified atom stereocenters. The maximum absolute atomic E-state index is 10.1. The third-order valence-corrected chi connectivity index (χ3v) is 3.05. The van der Waals surface area contributed by atoms with E-state index in [1.54, 1.807) is 14.2 Å². The summed E-state index contributed by atoms with van der Waals surface area (Å²) in [7, 11) is 3.35. The van der Waals surface area contributed by atoms with Gasteiger partial charge in [-0.05, 0) is 32.1 Å². The van der Waals surface area contributed by atoms with Gasteiger partial charge in [0, 0.05) is 14.2 Å². The van der Waals surface area contributed by atoms with Crippen LogP contribution in [0.25, 0.3) is 0 Å². The van der Waals surface area contributed by atoms with E-state index in [-0.39, 0.29) is 17.1 Å². The highest BCUT2D eigenvalue weighted by molar-refractivity contribution is 4.82. The Labute approximate surface area is 100 Å². The van der Waals surface area contributed by atoms with Gasteiger partial charge in [-0.15, -0.1) is 0 Å². The highest BCUT2D eigenvalue weighted by Crippen LogP contribution is 2.28. The van der Waals surface area contributed by atoms with Crippen molar-refractivity contribution in [1.82, 2.24) is 0 Å². The fraction of sp³-hybridized carbons (Fsp3) is 1.00. The highest BCUT2D eigenvalue weighted by atomic mass is 16.5. The number of hydrogen-bond acceptors (Lipinski definition) is 3. The van der Waals surface area contributed by atoms with Crippen molar-refractivity contribution in [3.8, 4) is 0 Å². The van der Waals surface area contributed by atoms with Gasteiger partial charge in [0.15, 0.2) is 0 Å². The summed E-state index contributed by atoms with van der Waals surface area (Å²) in [6, 6.07) is 0. The van der Waals surface area contributed by atoms with Crippen LogP contribution in [-0.4, -0.2) is 37.1 Å². The minimum absolute atomic E-state index is 0.0502. The molecule has 0 radical (unpaired) electrons. The van der Waals surface area contributed by atoms with Gasteiger partial charge < -0.3 is 14.6 Å². The normalized spacial score (nSPS) is 17.2. The molecule has 0 amide bonds. The van der Waals surface area contributed by atoms with Gasteiger partial charge in [-0.1, -0.05) is 20.8 Å². The summed E-state index contributed by atoms with van der Waals surface area (Å²) in [5, 5.41) is 10.1. The van der Waals surface area contributed by atoms with E-state index >= 15 is 0 Å². The molecule has 16 heavy (non-hydrogen) atoms. The summed E-state index contributed by atoms with van der Waals surface area (Å²) < 4.78 is 10.7. The summed E-state index contributed by atoms with van der Waals surface area (Å²) in [5.74, 6) is 0. The number of methoxy groups -OCH3 is 2. The third-order valence-electron chi connectivity index (χ3n) is 3.05. The second-order valence-corrected chi connectivity index (χ2v) is 6.09. The van der Waals surface area contributed by atoms with Crippen molar-refractivity contribution < 1.29 is 14.6 Å². The standard InChI is InChI=1S/C13H28O3/c1-12(2,3)11(15-6)10(14)8-9-13(4,5)16-7/h10-11,14H,8-9H2,1-7H3. The molecule has 0 heterocycles. The van der Waals surface area contributed by atoms with E-state index in [0.717, 1.165) is 6.42 Å². The number of rotatable bonds is 6. The summed E-state index contributed by atoms with van der Waals surface area (Å²) >= 11 is 0. The Morgan fingerprint density at radius 2 is 1.56 bits per heavy atom. The van der Waals surface area contributed by atoms with E-state index in [1.165, 1.54) is 0 Å². The Kier molecular flexibility index (Phi) is 5.94. The molecule has 0 spiro atoms. The average molecular weight is 232 g/mol. The molecular formula is C13H28O3. The third kappa shape index (κ3) is 5.28. The van der Waals surface area contributed by atoms with Crippen molar-refractivity contribution >= 4 is 0 Å². The molecular weight excluding hydrogens is 204 g/mol. The van der Waals surface area contributed by atoms with Crippen LogP contribution >= 0.6 is 0 Å². The van der Waals surface area contributed by atoms with Crippen LogP contribution in [0.5, 0.6) is 0 Å². The predicted molar refractivity (Wildman–Crippen MR) is 66.6 cm³/mol. The van der Waals surface area contributed by atoms with Gasteiger partial charge in [-0.2, -0.15) is 0 Å². The van der Waals surface area contributed by atoms with Crippen molar-refractivity contribution in [3.05, 3.63) is 0 Å². The topological polar surface area (TPSA) is 38.7 Å². The van der Waals surface area contributed by atoms with Crippen LogP contribution in [0.3, 0.4) is 0 Å². The van der Waals surface area contributed by atoms with E-state index in [9.17, 15) is 5.11 Å². The SMILES string of the molecule is COC(C(O)CCC(C)(C)OC)C(C)(C)C. The molecule has 0 aromatic carbocycles. The largest absolute Gasteiger partial charge is 0.390 e. The molecule has 1 N–H and O–H groups in total. The number of aliphatic hydroxyl groups is 1.